The van der Waals surface area contributed by atoms with Gasteiger partial charge in [-0.1, -0.05) is 6.07 Å². The second kappa shape index (κ2) is 6.39. The maximum atomic E-state index is 12.7. The molecule has 1 saturated heterocycles. The maximum Gasteiger partial charge on any atom is 0.228 e. The van der Waals surface area contributed by atoms with Gasteiger partial charge in [-0.2, -0.15) is 0 Å². The molecule has 1 fully saturated rings. The Morgan fingerprint density at radius 3 is 2.70 bits per heavy atom. The minimum Gasteiger partial charge on any atom is -0.343 e. The van der Waals surface area contributed by atoms with Crippen LogP contribution in [0.15, 0.2) is 17.5 Å². The molecule has 1 aromatic heterocycles. The summed E-state index contributed by atoms with van der Waals surface area (Å²) in [6, 6.07) is 3.89. The average molecular weight is 294 g/mol. The van der Waals surface area contributed by atoms with Gasteiger partial charge < -0.3 is 9.80 Å². The van der Waals surface area contributed by atoms with Gasteiger partial charge in [0.25, 0.3) is 0 Å². The van der Waals surface area contributed by atoms with E-state index in [0.717, 1.165) is 18.0 Å². The minimum absolute atomic E-state index is 0.107. The lowest BCUT2D eigenvalue weighted by Gasteiger charge is -2.39. The highest BCUT2D eigenvalue weighted by molar-refractivity contribution is 7.10. The van der Waals surface area contributed by atoms with Gasteiger partial charge in [0, 0.05) is 31.4 Å². The number of piperidine rings is 1. The predicted octanol–water partition coefficient (Wildman–Crippen LogP) is 2.53. The van der Waals surface area contributed by atoms with Crippen LogP contribution in [0.4, 0.5) is 0 Å². The van der Waals surface area contributed by atoms with Crippen molar-refractivity contribution in [3.63, 3.8) is 0 Å². The summed E-state index contributed by atoms with van der Waals surface area (Å²) in [6.07, 6.45) is 1.12. The molecule has 1 aromatic rings. The van der Waals surface area contributed by atoms with Gasteiger partial charge in [-0.25, -0.2) is 0 Å². The third-order valence-corrected chi connectivity index (χ3v) is 5.03. The van der Waals surface area contributed by atoms with Crippen LogP contribution in [0.25, 0.3) is 0 Å². The molecule has 20 heavy (non-hydrogen) atoms. The first-order chi connectivity index (χ1) is 9.60. The van der Waals surface area contributed by atoms with Gasteiger partial charge in [-0.3, -0.25) is 9.59 Å². The van der Waals surface area contributed by atoms with E-state index >= 15 is 0 Å². The van der Waals surface area contributed by atoms with E-state index in [9.17, 15) is 9.59 Å². The second-order valence-corrected chi connectivity index (χ2v) is 6.10. The van der Waals surface area contributed by atoms with Crippen molar-refractivity contribution in [3.05, 3.63) is 22.4 Å². The van der Waals surface area contributed by atoms with Gasteiger partial charge in [-0.05, 0) is 31.7 Å². The molecular formula is C15H22N2O2S. The van der Waals surface area contributed by atoms with Crippen molar-refractivity contribution in [2.45, 2.75) is 32.7 Å². The van der Waals surface area contributed by atoms with Crippen molar-refractivity contribution < 1.29 is 9.59 Å². The Kier molecular flexibility index (Phi) is 4.81. The van der Waals surface area contributed by atoms with E-state index in [1.807, 2.05) is 43.3 Å². The number of rotatable bonds is 4. The Labute approximate surface area is 124 Å². The molecule has 0 spiro atoms. The van der Waals surface area contributed by atoms with E-state index in [-0.39, 0.29) is 23.8 Å². The Bertz CT molecular complexity index is 468. The van der Waals surface area contributed by atoms with Gasteiger partial charge in [-0.15, -0.1) is 11.3 Å². The fourth-order valence-corrected chi connectivity index (χ4v) is 3.85. The lowest BCUT2D eigenvalue weighted by Crippen LogP contribution is -2.47. The third kappa shape index (κ3) is 2.73. The number of hydrogen-bond donors (Lipinski definition) is 0. The fraction of sp³-hybridized carbons (Fsp3) is 0.600. The summed E-state index contributed by atoms with van der Waals surface area (Å²) in [6.45, 7) is 5.44. The van der Waals surface area contributed by atoms with Crippen LogP contribution in [0.2, 0.25) is 0 Å². The number of carbonyl (C=O) groups excluding carboxylic acids is 2. The smallest absolute Gasteiger partial charge is 0.228 e. The van der Waals surface area contributed by atoms with Crippen molar-refractivity contribution in [2.75, 3.05) is 20.1 Å². The molecule has 0 aliphatic carbocycles. The van der Waals surface area contributed by atoms with E-state index in [1.165, 1.54) is 0 Å². The summed E-state index contributed by atoms with van der Waals surface area (Å²) < 4.78 is 0. The van der Waals surface area contributed by atoms with Gasteiger partial charge in [0.05, 0.1) is 12.0 Å². The summed E-state index contributed by atoms with van der Waals surface area (Å²) in [5.74, 6) is 0.191. The predicted molar refractivity (Wildman–Crippen MR) is 80.5 cm³/mol. The van der Waals surface area contributed by atoms with Crippen LogP contribution in [-0.2, 0) is 9.59 Å². The Hall–Kier alpha value is -1.36. The lowest BCUT2D eigenvalue weighted by atomic mass is 9.86. The summed E-state index contributed by atoms with van der Waals surface area (Å²) in [5, 5.41) is 2.00. The molecule has 0 aromatic carbocycles. The molecule has 2 heterocycles. The molecule has 4 nitrogen and oxygen atoms in total. The number of amides is 2. The summed E-state index contributed by atoms with van der Waals surface area (Å²) in [7, 11) is 1.81. The zero-order chi connectivity index (χ0) is 14.7. The molecule has 0 radical (unpaired) electrons. The Balaban J connectivity index is 2.29. The number of likely N-dealkylation sites (tertiary alicyclic amines) is 1. The molecule has 1 aliphatic heterocycles. The number of carbonyl (C=O) groups is 2. The molecule has 2 atom stereocenters. The molecule has 0 bridgehead atoms. The molecule has 2 amide bonds. The van der Waals surface area contributed by atoms with Crippen LogP contribution in [-0.4, -0.2) is 41.8 Å². The third-order valence-electron chi connectivity index (χ3n) is 4.09. The summed E-state index contributed by atoms with van der Waals surface area (Å²) >= 11 is 1.62. The van der Waals surface area contributed by atoms with Gasteiger partial charge in [0.15, 0.2) is 0 Å². The molecule has 0 unspecified atom stereocenters. The Morgan fingerprint density at radius 1 is 1.45 bits per heavy atom. The van der Waals surface area contributed by atoms with E-state index in [4.69, 9.17) is 0 Å². The summed E-state index contributed by atoms with van der Waals surface area (Å²) in [5.41, 5.74) is 0. The van der Waals surface area contributed by atoms with Gasteiger partial charge >= 0.3 is 0 Å². The van der Waals surface area contributed by atoms with Gasteiger partial charge in [0.1, 0.15) is 0 Å². The highest BCUT2D eigenvalue weighted by Crippen LogP contribution is 2.38. The topological polar surface area (TPSA) is 40.6 Å². The van der Waals surface area contributed by atoms with Crippen LogP contribution in [0.3, 0.4) is 0 Å². The first-order valence-electron chi connectivity index (χ1n) is 7.18. The zero-order valence-electron chi connectivity index (χ0n) is 12.3. The average Bonchev–Trinajstić information content (AvgIpc) is 2.96. The van der Waals surface area contributed by atoms with Crippen LogP contribution in [0, 0.1) is 5.92 Å². The quantitative estimate of drug-likeness (QED) is 0.856. The molecule has 2 rings (SSSR count). The SMILES string of the molecule is CCN(CC)C(=O)[C@@H]1CCC(=O)N(C)[C@@H]1c1cccs1. The maximum absolute atomic E-state index is 12.7. The van der Waals surface area contributed by atoms with Crippen molar-refractivity contribution in [1.29, 1.82) is 0 Å². The van der Waals surface area contributed by atoms with Crippen molar-refractivity contribution in [2.24, 2.45) is 5.92 Å². The first-order valence-corrected chi connectivity index (χ1v) is 8.05. The molecule has 110 valence electrons. The first kappa shape index (κ1) is 15.0. The van der Waals surface area contributed by atoms with E-state index in [0.29, 0.717) is 12.8 Å². The Morgan fingerprint density at radius 2 is 2.15 bits per heavy atom. The van der Waals surface area contributed by atoms with Crippen LogP contribution >= 0.6 is 11.3 Å². The van der Waals surface area contributed by atoms with Crippen molar-refractivity contribution >= 4 is 23.2 Å². The van der Waals surface area contributed by atoms with Crippen LogP contribution in [0.1, 0.15) is 37.6 Å². The van der Waals surface area contributed by atoms with Gasteiger partial charge in [0.2, 0.25) is 11.8 Å². The van der Waals surface area contributed by atoms with Crippen molar-refractivity contribution in [3.8, 4) is 0 Å². The molecular weight excluding hydrogens is 272 g/mol. The molecule has 1 aliphatic rings. The lowest BCUT2D eigenvalue weighted by molar-refractivity contribution is -0.146. The number of nitrogens with zero attached hydrogens (tertiary/aromatic N) is 2. The van der Waals surface area contributed by atoms with Crippen LogP contribution in [0.5, 0.6) is 0 Å². The molecule has 0 N–H and O–H groups in total. The normalized spacial score (nSPS) is 22.9. The highest BCUT2D eigenvalue weighted by Gasteiger charge is 2.40. The molecule has 0 saturated carbocycles. The number of hydrogen-bond acceptors (Lipinski definition) is 3. The van der Waals surface area contributed by atoms with E-state index < -0.39 is 0 Å². The second-order valence-electron chi connectivity index (χ2n) is 5.12. The fourth-order valence-electron chi connectivity index (χ4n) is 2.92. The minimum atomic E-state index is -0.115. The largest absolute Gasteiger partial charge is 0.343 e. The van der Waals surface area contributed by atoms with E-state index in [1.54, 1.807) is 16.2 Å². The standard InChI is InChI=1S/C15H22N2O2S/c1-4-17(5-2)15(19)11-8-9-13(18)16(3)14(11)12-7-6-10-20-12/h6-7,10-11,14H,4-5,8-9H2,1-3H3/t11-,14+/m1/s1. The summed E-state index contributed by atoms with van der Waals surface area (Å²) in [4.78, 5) is 29.4. The number of thiophene rings is 1. The highest BCUT2D eigenvalue weighted by atomic mass is 32.1. The van der Waals surface area contributed by atoms with Crippen LogP contribution < -0.4 is 0 Å². The zero-order valence-corrected chi connectivity index (χ0v) is 13.2. The van der Waals surface area contributed by atoms with E-state index in [2.05, 4.69) is 0 Å². The monoisotopic (exact) mass is 294 g/mol. The van der Waals surface area contributed by atoms with Crippen molar-refractivity contribution in [1.82, 2.24) is 9.80 Å². The molecule has 5 heteroatoms.